The van der Waals surface area contributed by atoms with E-state index >= 15 is 0 Å². The van der Waals surface area contributed by atoms with Gasteiger partial charge < -0.3 is 5.11 Å². The van der Waals surface area contributed by atoms with Gasteiger partial charge in [-0.2, -0.15) is 4.39 Å². The number of nitrogens with zero attached hydrogens (tertiary/aromatic N) is 1. The monoisotopic (exact) mass is 139 g/mol. The molecule has 1 aromatic rings. The fraction of sp³-hybridized carbons (Fsp3) is 0. The normalized spacial score (nSPS) is 9.30. The molecule has 1 rings (SSSR count). The van der Waals surface area contributed by atoms with E-state index in [0.29, 0.717) is 5.69 Å². The summed E-state index contributed by atoms with van der Waals surface area (Å²) in [6.45, 7) is 3.39. The summed E-state index contributed by atoms with van der Waals surface area (Å²) >= 11 is 0. The molecule has 0 bridgehead atoms. The molecule has 0 amide bonds. The number of hydrogen-bond donors (Lipinski definition) is 1. The van der Waals surface area contributed by atoms with E-state index in [4.69, 9.17) is 5.11 Å². The van der Waals surface area contributed by atoms with Crippen LogP contribution in [0, 0.1) is 5.95 Å². The molecule has 0 aromatic carbocycles. The van der Waals surface area contributed by atoms with E-state index in [9.17, 15) is 4.39 Å². The molecular formula is C7H6FNO. The van der Waals surface area contributed by atoms with E-state index in [1.807, 2.05) is 0 Å². The van der Waals surface area contributed by atoms with Crippen molar-refractivity contribution in [1.29, 1.82) is 0 Å². The van der Waals surface area contributed by atoms with Gasteiger partial charge in [0.25, 0.3) is 5.95 Å². The van der Waals surface area contributed by atoms with Crippen molar-refractivity contribution >= 4 is 6.08 Å². The van der Waals surface area contributed by atoms with Crippen LogP contribution >= 0.6 is 0 Å². The second-order valence-corrected chi connectivity index (χ2v) is 1.75. The highest BCUT2D eigenvalue weighted by molar-refractivity contribution is 5.42. The molecule has 0 saturated heterocycles. The Labute approximate surface area is 57.7 Å². The number of aromatic hydroxyl groups is 1. The molecule has 0 spiro atoms. The summed E-state index contributed by atoms with van der Waals surface area (Å²) in [4.78, 5) is 3.36. The Kier molecular flexibility index (Phi) is 1.67. The average Bonchev–Trinajstić information content (AvgIpc) is 1.95. The highest BCUT2D eigenvalue weighted by Crippen LogP contribution is 2.12. The summed E-state index contributed by atoms with van der Waals surface area (Å²) in [7, 11) is 0. The number of pyridine rings is 1. The molecule has 0 aliphatic heterocycles. The maximum absolute atomic E-state index is 12.4. The predicted molar refractivity (Wildman–Crippen MR) is 36.0 cm³/mol. The lowest BCUT2D eigenvalue weighted by Gasteiger charge is -1.93. The molecule has 1 heterocycles. The van der Waals surface area contributed by atoms with Gasteiger partial charge in [-0.15, -0.1) is 0 Å². The van der Waals surface area contributed by atoms with Gasteiger partial charge in [0.15, 0.2) is 5.75 Å². The lowest BCUT2D eigenvalue weighted by molar-refractivity contribution is 0.418. The molecule has 1 aromatic heterocycles. The van der Waals surface area contributed by atoms with Crippen LogP contribution < -0.4 is 0 Å². The van der Waals surface area contributed by atoms with Crippen LogP contribution in [0.15, 0.2) is 18.7 Å². The van der Waals surface area contributed by atoms with Crippen molar-refractivity contribution in [2.45, 2.75) is 0 Å². The SMILES string of the molecule is C=Cc1ccc(O)c(F)n1. The van der Waals surface area contributed by atoms with Crippen molar-refractivity contribution in [3.05, 3.63) is 30.4 Å². The first-order valence-corrected chi connectivity index (χ1v) is 2.72. The third-order valence-corrected chi connectivity index (χ3v) is 1.06. The van der Waals surface area contributed by atoms with E-state index in [1.165, 1.54) is 18.2 Å². The molecule has 1 N–H and O–H groups in total. The van der Waals surface area contributed by atoms with E-state index < -0.39 is 11.7 Å². The summed E-state index contributed by atoms with van der Waals surface area (Å²) in [6, 6.07) is 2.71. The first-order valence-electron chi connectivity index (χ1n) is 2.72. The van der Waals surface area contributed by atoms with Crippen molar-refractivity contribution in [2.75, 3.05) is 0 Å². The van der Waals surface area contributed by atoms with Crippen molar-refractivity contribution in [2.24, 2.45) is 0 Å². The first kappa shape index (κ1) is 6.74. The Morgan fingerprint density at radius 3 is 2.80 bits per heavy atom. The molecule has 52 valence electrons. The zero-order chi connectivity index (χ0) is 7.56. The van der Waals surface area contributed by atoms with E-state index in [1.54, 1.807) is 0 Å². The van der Waals surface area contributed by atoms with Crippen molar-refractivity contribution in [3.63, 3.8) is 0 Å². The van der Waals surface area contributed by atoms with Gasteiger partial charge in [0.1, 0.15) is 0 Å². The van der Waals surface area contributed by atoms with Crippen molar-refractivity contribution in [3.8, 4) is 5.75 Å². The lowest BCUT2D eigenvalue weighted by atomic mass is 10.3. The Bertz CT molecular complexity index is 260. The van der Waals surface area contributed by atoms with Gasteiger partial charge in [-0.05, 0) is 18.2 Å². The maximum Gasteiger partial charge on any atom is 0.255 e. The number of rotatable bonds is 1. The number of hydrogen-bond acceptors (Lipinski definition) is 2. The molecule has 0 aliphatic rings. The average molecular weight is 139 g/mol. The van der Waals surface area contributed by atoms with Gasteiger partial charge >= 0.3 is 0 Å². The van der Waals surface area contributed by atoms with Crippen molar-refractivity contribution in [1.82, 2.24) is 4.98 Å². The Morgan fingerprint density at radius 1 is 1.60 bits per heavy atom. The molecule has 0 atom stereocenters. The Morgan fingerprint density at radius 2 is 2.30 bits per heavy atom. The zero-order valence-corrected chi connectivity index (χ0v) is 5.21. The third kappa shape index (κ3) is 1.13. The molecule has 0 aliphatic carbocycles. The van der Waals surface area contributed by atoms with Gasteiger partial charge in [0.2, 0.25) is 0 Å². The Balaban J connectivity index is 3.16. The minimum Gasteiger partial charge on any atom is -0.504 e. The topological polar surface area (TPSA) is 33.1 Å². The summed E-state index contributed by atoms with van der Waals surface area (Å²) in [5.74, 6) is -1.30. The van der Waals surface area contributed by atoms with Crippen LogP contribution in [-0.2, 0) is 0 Å². The number of aromatic nitrogens is 1. The highest BCUT2D eigenvalue weighted by Gasteiger charge is 1.99. The molecule has 0 unspecified atom stereocenters. The second kappa shape index (κ2) is 2.47. The smallest absolute Gasteiger partial charge is 0.255 e. The van der Waals surface area contributed by atoms with E-state index in [0.717, 1.165) is 0 Å². The molecule has 3 heteroatoms. The zero-order valence-electron chi connectivity index (χ0n) is 5.21. The van der Waals surface area contributed by atoms with Crippen LogP contribution in [0.2, 0.25) is 0 Å². The largest absolute Gasteiger partial charge is 0.504 e. The van der Waals surface area contributed by atoms with Crippen LogP contribution in [0.25, 0.3) is 6.08 Å². The number of halogens is 1. The molecular weight excluding hydrogens is 133 g/mol. The predicted octanol–water partition coefficient (Wildman–Crippen LogP) is 1.57. The van der Waals surface area contributed by atoms with Gasteiger partial charge in [-0.3, -0.25) is 0 Å². The molecule has 0 radical (unpaired) electrons. The standard InChI is InChI=1S/C7H6FNO/c1-2-5-3-4-6(10)7(8)9-5/h2-4,10H,1H2. The summed E-state index contributed by atoms with van der Waals surface area (Å²) in [5.41, 5.74) is 0.412. The second-order valence-electron chi connectivity index (χ2n) is 1.75. The highest BCUT2D eigenvalue weighted by atomic mass is 19.1. The van der Waals surface area contributed by atoms with Gasteiger partial charge in [-0.25, -0.2) is 4.98 Å². The van der Waals surface area contributed by atoms with Gasteiger partial charge in [0, 0.05) is 0 Å². The first-order chi connectivity index (χ1) is 4.74. The summed E-state index contributed by atoms with van der Waals surface area (Å²) in [5, 5.41) is 8.67. The molecule has 0 fully saturated rings. The van der Waals surface area contributed by atoms with Crippen LogP contribution in [0.4, 0.5) is 4.39 Å². The van der Waals surface area contributed by atoms with Crippen LogP contribution in [0.3, 0.4) is 0 Å². The molecule has 2 nitrogen and oxygen atoms in total. The van der Waals surface area contributed by atoms with Crippen LogP contribution in [0.5, 0.6) is 5.75 Å². The molecule has 0 saturated carbocycles. The van der Waals surface area contributed by atoms with E-state index in [2.05, 4.69) is 11.6 Å². The fourth-order valence-corrected chi connectivity index (χ4v) is 0.555. The quantitative estimate of drug-likeness (QED) is 0.599. The lowest BCUT2D eigenvalue weighted by Crippen LogP contribution is -1.85. The minimum absolute atomic E-state index is 0.412. The maximum atomic E-state index is 12.4. The fourth-order valence-electron chi connectivity index (χ4n) is 0.555. The minimum atomic E-state index is -0.864. The third-order valence-electron chi connectivity index (χ3n) is 1.06. The van der Waals surface area contributed by atoms with Gasteiger partial charge in [0.05, 0.1) is 5.69 Å². The summed E-state index contributed by atoms with van der Waals surface area (Å²) < 4.78 is 12.4. The Hall–Kier alpha value is -1.38. The van der Waals surface area contributed by atoms with Crippen LogP contribution in [-0.4, -0.2) is 10.1 Å². The van der Waals surface area contributed by atoms with Gasteiger partial charge in [-0.1, -0.05) is 6.58 Å². The summed E-state index contributed by atoms with van der Waals surface area (Å²) in [6.07, 6.45) is 1.41. The van der Waals surface area contributed by atoms with Crippen molar-refractivity contribution < 1.29 is 9.50 Å². The van der Waals surface area contributed by atoms with Crippen LogP contribution in [0.1, 0.15) is 5.69 Å². The van der Waals surface area contributed by atoms with E-state index in [-0.39, 0.29) is 0 Å². The molecule has 10 heavy (non-hydrogen) atoms.